The maximum Gasteiger partial charge on any atom is 0.0995 e. The van der Waals surface area contributed by atoms with Gasteiger partial charge in [0.05, 0.1) is 12.3 Å². The molecule has 1 aliphatic rings. The van der Waals surface area contributed by atoms with Gasteiger partial charge in [0.2, 0.25) is 0 Å². The van der Waals surface area contributed by atoms with Crippen LogP contribution in [0.5, 0.6) is 0 Å². The van der Waals surface area contributed by atoms with Crippen LogP contribution in [0.25, 0.3) is 0 Å². The smallest absolute Gasteiger partial charge is 0.0995 e. The molecule has 1 aliphatic heterocycles. The molecule has 2 nitrogen and oxygen atoms in total. The van der Waals surface area contributed by atoms with Crippen LogP contribution in [0.1, 0.15) is 20.3 Å². The molecule has 0 aromatic carbocycles. The molecule has 0 aromatic heterocycles. The largest absolute Gasteiger partial charge is 0.360 e. The number of ether oxygens (including phenoxy) is 1. The summed E-state index contributed by atoms with van der Waals surface area (Å²) < 4.78 is 5.50. The second-order valence-corrected chi connectivity index (χ2v) is 3.36. The van der Waals surface area contributed by atoms with Gasteiger partial charge in [0, 0.05) is 6.54 Å². The molecule has 54 valence electrons. The normalized spacial score (nSPS) is 28.3. The molecule has 1 heterocycles. The summed E-state index contributed by atoms with van der Waals surface area (Å²) in [6, 6.07) is 0. The van der Waals surface area contributed by atoms with Gasteiger partial charge in [0.1, 0.15) is 0 Å². The van der Waals surface area contributed by atoms with Gasteiger partial charge in [-0.25, -0.2) is 0 Å². The number of nitrogens with zero attached hydrogens (tertiary/aromatic N) is 1. The van der Waals surface area contributed by atoms with E-state index in [-0.39, 0.29) is 5.60 Å². The lowest BCUT2D eigenvalue weighted by atomic mass is 10.0. The summed E-state index contributed by atoms with van der Waals surface area (Å²) in [5.74, 6) is 0. The van der Waals surface area contributed by atoms with Crippen LogP contribution >= 0.6 is 0 Å². The third kappa shape index (κ3) is 1.95. The lowest BCUT2D eigenvalue weighted by Crippen LogP contribution is -2.40. The second-order valence-electron chi connectivity index (χ2n) is 3.36. The Morgan fingerprint density at radius 3 is 2.44 bits per heavy atom. The Hall–Kier alpha value is -0.0800. The van der Waals surface area contributed by atoms with Crippen molar-refractivity contribution >= 4 is 0 Å². The summed E-state index contributed by atoms with van der Waals surface area (Å²) in [6.45, 7) is 6.22. The monoisotopic (exact) mass is 129 g/mol. The summed E-state index contributed by atoms with van der Waals surface area (Å²) in [5.41, 5.74) is 0.118. The van der Waals surface area contributed by atoms with Gasteiger partial charge in [0.25, 0.3) is 0 Å². The Labute approximate surface area is 56.8 Å². The van der Waals surface area contributed by atoms with Gasteiger partial charge in [-0.05, 0) is 27.3 Å². The van der Waals surface area contributed by atoms with Gasteiger partial charge < -0.3 is 4.74 Å². The van der Waals surface area contributed by atoms with Crippen molar-refractivity contribution in [2.24, 2.45) is 0 Å². The van der Waals surface area contributed by atoms with E-state index >= 15 is 0 Å². The molecule has 0 spiro atoms. The highest BCUT2D eigenvalue weighted by atomic mass is 16.5. The van der Waals surface area contributed by atoms with E-state index in [1.165, 1.54) is 0 Å². The van der Waals surface area contributed by atoms with Crippen LogP contribution in [0.15, 0.2) is 0 Å². The third-order valence-electron chi connectivity index (χ3n) is 1.77. The fourth-order valence-electron chi connectivity index (χ4n) is 0.882. The topological polar surface area (TPSA) is 12.5 Å². The van der Waals surface area contributed by atoms with Crippen LogP contribution in [0, 0.1) is 0 Å². The van der Waals surface area contributed by atoms with Crippen LogP contribution in [0.4, 0.5) is 0 Å². The first-order valence-corrected chi connectivity index (χ1v) is 3.43. The average molecular weight is 129 g/mol. The summed E-state index contributed by atoms with van der Waals surface area (Å²) in [6.07, 6.45) is 1.14. The third-order valence-corrected chi connectivity index (χ3v) is 1.77. The fourth-order valence-corrected chi connectivity index (χ4v) is 0.882. The van der Waals surface area contributed by atoms with E-state index in [1.54, 1.807) is 0 Å². The molecule has 9 heavy (non-hydrogen) atoms. The summed E-state index contributed by atoms with van der Waals surface area (Å²) in [4.78, 5) is 2.19. The maximum atomic E-state index is 5.50. The maximum absolute atomic E-state index is 5.50. The fraction of sp³-hybridized carbons (Fsp3) is 1.00. The molecule has 1 fully saturated rings. The molecule has 1 saturated heterocycles. The standard InChI is InChI=1S/C7H15NO/c1-7(2)4-5-8(3)6-9-7/h4-6H2,1-3H3. The van der Waals surface area contributed by atoms with E-state index in [0.29, 0.717) is 0 Å². The molecule has 0 amide bonds. The van der Waals surface area contributed by atoms with Crippen LogP contribution in [0.2, 0.25) is 0 Å². The van der Waals surface area contributed by atoms with Gasteiger partial charge in [-0.1, -0.05) is 0 Å². The molecular weight excluding hydrogens is 114 g/mol. The van der Waals surface area contributed by atoms with Crippen molar-refractivity contribution in [2.75, 3.05) is 20.3 Å². The molecule has 0 aromatic rings. The van der Waals surface area contributed by atoms with Crippen LogP contribution < -0.4 is 0 Å². The predicted octanol–water partition coefficient (Wildman–Crippen LogP) is 1.07. The minimum Gasteiger partial charge on any atom is -0.360 e. The highest BCUT2D eigenvalue weighted by Gasteiger charge is 2.23. The summed E-state index contributed by atoms with van der Waals surface area (Å²) in [7, 11) is 2.08. The molecule has 0 N–H and O–H groups in total. The van der Waals surface area contributed by atoms with Crippen molar-refractivity contribution < 1.29 is 4.74 Å². The molecule has 0 aliphatic carbocycles. The quantitative estimate of drug-likeness (QED) is 0.485. The lowest BCUT2D eigenvalue weighted by Gasteiger charge is -2.34. The zero-order valence-electron chi connectivity index (χ0n) is 6.48. The summed E-state index contributed by atoms with van der Waals surface area (Å²) in [5, 5.41) is 0. The Kier molecular flexibility index (Phi) is 1.78. The summed E-state index contributed by atoms with van der Waals surface area (Å²) >= 11 is 0. The molecular formula is C7H15NO. The minimum absolute atomic E-state index is 0.118. The highest BCUT2D eigenvalue weighted by molar-refractivity contribution is 4.73. The van der Waals surface area contributed by atoms with Gasteiger partial charge in [-0.2, -0.15) is 0 Å². The zero-order valence-corrected chi connectivity index (χ0v) is 6.48. The van der Waals surface area contributed by atoms with Crippen LogP contribution in [-0.4, -0.2) is 30.8 Å². The van der Waals surface area contributed by atoms with Crippen molar-refractivity contribution in [2.45, 2.75) is 25.9 Å². The van der Waals surface area contributed by atoms with Gasteiger partial charge in [0.15, 0.2) is 0 Å². The first-order valence-electron chi connectivity index (χ1n) is 3.43. The van der Waals surface area contributed by atoms with Gasteiger partial charge >= 0.3 is 0 Å². The Morgan fingerprint density at radius 2 is 2.11 bits per heavy atom. The molecule has 0 bridgehead atoms. The molecule has 0 radical (unpaired) electrons. The van der Waals surface area contributed by atoms with Gasteiger partial charge in [-0.15, -0.1) is 0 Å². The molecule has 0 saturated carbocycles. The Bertz CT molecular complexity index is 91.1. The van der Waals surface area contributed by atoms with Crippen molar-refractivity contribution in [3.63, 3.8) is 0 Å². The van der Waals surface area contributed by atoms with Gasteiger partial charge in [-0.3, -0.25) is 4.90 Å². The first kappa shape index (κ1) is 7.03. The van der Waals surface area contributed by atoms with E-state index in [0.717, 1.165) is 19.7 Å². The highest BCUT2D eigenvalue weighted by Crippen LogP contribution is 2.18. The number of rotatable bonds is 0. The van der Waals surface area contributed by atoms with Crippen molar-refractivity contribution in [3.8, 4) is 0 Å². The van der Waals surface area contributed by atoms with E-state index < -0.39 is 0 Å². The predicted molar refractivity (Wildman–Crippen MR) is 37.3 cm³/mol. The van der Waals surface area contributed by atoms with Crippen molar-refractivity contribution in [3.05, 3.63) is 0 Å². The molecule has 2 heteroatoms. The lowest BCUT2D eigenvalue weighted by molar-refractivity contribution is -0.110. The Balaban J connectivity index is 2.35. The van der Waals surface area contributed by atoms with Crippen molar-refractivity contribution in [1.82, 2.24) is 4.90 Å². The minimum atomic E-state index is 0.118. The molecule has 1 rings (SSSR count). The van der Waals surface area contributed by atoms with E-state index in [2.05, 4.69) is 25.8 Å². The number of hydrogen-bond donors (Lipinski definition) is 0. The zero-order chi connectivity index (χ0) is 6.91. The van der Waals surface area contributed by atoms with E-state index in [4.69, 9.17) is 4.74 Å². The number of hydrogen-bond acceptors (Lipinski definition) is 2. The van der Waals surface area contributed by atoms with E-state index in [1.807, 2.05) is 0 Å². The van der Waals surface area contributed by atoms with Crippen molar-refractivity contribution in [1.29, 1.82) is 0 Å². The van der Waals surface area contributed by atoms with Crippen LogP contribution in [-0.2, 0) is 4.74 Å². The first-order chi connectivity index (χ1) is 4.10. The molecule has 0 atom stereocenters. The van der Waals surface area contributed by atoms with Crippen LogP contribution in [0.3, 0.4) is 0 Å². The molecule has 0 unspecified atom stereocenters. The average Bonchev–Trinajstić information content (AvgIpc) is 1.78. The SMILES string of the molecule is CN1CCC(C)(C)OC1. The second kappa shape index (κ2) is 2.27. The Morgan fingerprint density at radius 1 is 1.44 bits per heavy atom. The van der Waals surface area contributed by atoms with E-state index in [9.17, 15) is 0 Å².